The molecule has 2 amide bonds. The second-order valence-electron chi connectivity index (χ2n) is 7.02. The van der Waals surface area contributed by atoms with Crippen LogP contribution in [-0.4, -0.2) is 41.9 Å². The first-order chi connectivity index (χ1) is 10.7. The predicted molar refractivity (Wildman–Crippen MR) is 89.0 cm³/mol. The molecule has 1 aliphatic heterocycles. The number of nitrogens with zero attached hydrogens (tertiary/aromatic N) is 2. The van der Waals surface area contributed by atoms with Crippen LogP contribution in [-0.2, 0) is 9.59 Å². The number of nitrogens with two attached hydrogens (primary N) is 1. The Hall–Kier alpha value is -1.61. The smallest absolute Gasteiger partial charge is 0.225 e. The summed E-state index contributed by atoms with van der Waals surface area (Å²) in [7, 11) is 0. The summed E-state index contributed by atoms with van der Waals surface area (Å²) >= 11 is 0. The van der Waals surface area contributed by atoms with Crippen LogP contribution >= 0.6 is 0 Å². The first kappa shape index (κ1) is 19.4. The molecule has 0 atom stereocenters. The van der Waals surface area contributed by atoms with Gasteiger partial charge < -0.3 is 16.0 Å². The Kier molecular flexibility index (Phi) is 7.01. The van der Waals surface area contributed by atoms with E-state index in [0.717, 1.165) is 26.1 Å². The first-order valence-electron chi connectivity index (χ1n) is 8.33. The maximum Gasteiger partial charge on any atom is 0.225 e. The van der Waals surface area contributed by atoms with Crippen LogP contribution < -0.4 is 11.1 Å². The lowest BCUT2D eigenvalue weighted by Gasteiger charge is -2.37. The quantitative estimate of drug-likeness (QED) is 0.705. The minimum atomic E-state index is -0.767. The van der Waals surface area contributed by atoms with Crippen molar-refractivity contribution in [3.63, 3.8) is 0 Å². The summed E-state index contributed by atoms with van der Waals surface area (Å²) in [4.78, 5) is 25.7. The molecule has 0 aliphatic carbocycles. The lowest BCUT2D eigenvalue weighted by atomic mass is 9.86. The fourth-order valence-electron chi connectivity index (χ4n) is 2.71. The van der Waals surface area contributed by atoms with Gasteiger partial charge in [0.15, 0.2) is 0 Å². The Morgan fingerprint density at radius 3 is 2.48 bits per heavy atom. The third-order valence-electron chi connectivity index (χ3n) is 4.59. The molecular weight excluding hydrogens is 292 g/mol. The average Bonchev–Trinajstić information content (AvgIpc) is 2.49. The summed E-state index contributed by atoms with van der Waals surface area (Å²) in [6.07, 6.45) is 4.88. The molecule has 129 valence electrons. The highest BCUT2D eigenvalue weighted by molar-refractivity contribution is 5.86. The maximum absolute atomic E-state index is 12.1. The van der Waals surface area contributed by atoms with Crippen LogP contribution in [0.2, 0.25) is 0 Å². The molecule has 23 heavy (non-hydrogen) atoms. The second-order valence-corrected chi connectivity index (χ2v) is 7.02. The van der Waals surface area contributed by atoms with Gasteiger partial charge in [0.05, 0.1) is 6.07 Å². The number of piperidine rings is 1. The van der Waals surface area contributed by atoms with Gasteiger partial charge in [-0.2, -0.15) is 5.26 Å². The standard InChI is InChI=1S/C17H29N4O2/c1-4-10-21-11-8-17(13-18,9-12-21)20-14(22)6-5-7-16(2,3)15(19)23/h6H,4-5,7-12H2,1-3H3,(H2,19,23)(H,20,22). The Morgan fingerprint density at radius 2 is 2.00 bits per heavy atom. The molecule has 3 N–H and O–H groups in total. The highest BCUT2D eigenvalue weighted by Gasteiger charge is 2.36. The molecule has 6 nitrogen and oxygen atoms in total. The zero-order valence-electron chi connectivity index (χ0n) is 14.5. The third-order valence-corrected chi connectivity index (χ3v) is 4.59. The first-order valence-corrected chi connectivity index (χ1v) is 8.33. The van der Waals surface area contributed by atoms with Crippen molar-refractivity contribution in [1.29, 1.82) is 5.26 Å². The predicted octanol–water partition coefficient (Wildman–Crippen LogP) is 1.37. The molecule has 0 aromatic heterocycles. The van der Waals surface area contributed by atoms with Gasteiger partial charge >= 0.3 is 0 Å². The molecule has 1 rings (SSSR count). The van der Waals surface area contributed by atoms with E-state index in [1.165, 1.54) is 6.42 Å². The van der Waals surface area contributed by atoms with E-state index in [2.05, 4.69) is 23.2 Å². The second kappa shape index (κ2) is 8.30. The SMILES string of the molecule is CCCN1CCC(C#N)(NC(=O)[CH]CCC(C)(C)C(N)=O)CC1. The van der Waals surface area contributed by atoms with Gasteiger partial charge in [0.25, 0.3) is 0 Å². The molecular formula is C17H29N4O2. The minimum Gasteiger partial charge on any atom is -0.369 e. The van der Waals surface area contributed by atoms with Crippen molar-refractivity contribution in [1.82, 2.24) is 10.2 Å². The Balaban J connectivity index is 2.43. The highest BCUT2D eigenvalue weighted by atomic mass is 16.2. The number of hydrogen-bond donors (Lipinski definition) is 2. The summed E-state index contributed by atoms with van der Waals surface area (Å²) in [6, 6.07) is 2.28. The lowest BCUT2D eigenvalue weighted by molar-refractivity contribution is -0.126. The van der Waals surface area contributed by atoms with Crippen LogP contribution in [0.3, 0.4) is 0 Å². The van der Waals surface area contributed by atoms with Gasteiger partial charge in [0, 0.05) is 24.9 Å². The van der Waals surface area contributed by atoms with Gasteiger partial charge in [-0.05, 0) is 38.6 Å². The highest BCUT2D eigenvalue weighted by Crippen LogP contribution is 2.24. The molecule has 0 aromatic carbocycles. The van der Waals surface area contributed by atoms with Gasteiger partial charge in [-0.1, -0.05) is 20.8 Å². The topological polar surface area (TPSA) is 99.2 Å². The van der Waals surface area contributed by atoms with Crippen molar-refractivity contribution in [2.75, 3.05) is 19.6 Å². The number of nitriles is 1. The molecule has 6 heteroatoms. The van der Waals surface area contributed by atoms with Crippen LogP contribution in [0.4, 0.5) is 0 Å². The molecule has 1 aliphatic rings. The maximum atomic E-state index is 12.1. The van der Waals surface area contributed by atoms with Gasteiger partial charge in [-0.25, -0.2) is 0 Å². The molecule has 1 saturated heterocycles. The summed E-state index contributed by atoms with van der Waals surface area (Å²) < 4.78 is 0. The number of nitrogens with one attached hydrogen (secondary N) is 1. The number of hydrogen-bond acceptors (Lipinski definition) is 4. The molecule has 0 unspecified atom stereocenters. The number of amides is 2. The lowest BCUT2D eigenvalue weighted by Crippen LogP contribution is -2.54. The van der Waals surface area contributed by atoms with E-state index in [4.69, 9.17) is 5.73 Å². The molecule has 0 saturated carbocycles. The van der Waals surface area contributed by atoms with Crippen molar-refractivity contribution in [2.24, 2.45) is 11.1 Å². The Labute approximate surface area is 139 Å². The van der Waals surface area contributed by atoms with Crippen LogP contribution in [0.5, 0.6) is 0 Å². The fraction of sp³-hybridized carbons (Fsp3) is 0.765. The minimum absolute atomic E-state index is 0.240. The van der Waals surface area contributed by atoms with E-state index >= 15 is 0 Å². The summed E-state index contributed by atoms with van der Waals surface area (Å²) in [5.74, 6) is -0.612. The number of likely N-dealkylation sites (tertiary alicyclic amines) is 1. The number of carbonyl (C=O) groups is 2. The zero-order chi connectivity index (χ0) is 17.5. The zero-order valence-corrected chi connectivity index (χ0v) is 14.5. The monoisotopic (exact) mass is 321 g/mol. The van der Waals surface area contributed by atoms with Gasteiger partial charge in [-0.3, -0.25) is 9.59 Å². The van der Waals surface area contributed by atoms with Gasteiger partial charge in [-0.15, -0.1) is 0 Å². The number of primary amides is 1. The molecule has 1 heterocycles. The van der Waals surface area contributed by atoms with Crippen LogP contribution in [0.25, 0.3) is 0 Å². The Morgan fingerprint density at radius 1 is 1.39 bits per heavy atom. The fourth-order valence-corrected chi connectivity index (χ4v) is 2.71. The van der Waals surface area contributed by atoms with E-state index in [-0.39, 0.29) is 11.8 Å². The van der Waals surface area contributed by atoms with E-state index in [0.29, 0.717) is 25.7 Å². The summed E-state index contributed by atoms with van der Waals surface area (Å²) in [5.41, 5.74) is 3.92. The van der Waals surface area contributed by atoms with E-state index in [1.807, 2.05) is 0 Å². The average molecular weight is 321 g/mol. The van der Waals surface area contributed by atoms with E-state index in [9.17, 15) is 14.9 Å². The van der Waals surface area contributed by atoms with Crippen molar-refractivity contribution >= 4 is 11.8 Å². The van der Waals surface area contributed by atoms with Crippen molar-refractivity contribution in [2.45, 2.75) is 58.4 Å². The number of carbonyl (C=O) groups excluding carboxylic acids is 2. The number of rotatable bonds is 8. The van der Waals surface area contributed by atoms with Crippen LogP contribution in [0.1, 0.15) is 52.9 Å². The molecule has 0 aromatic rings. The molecule has 0 spiro atoms. The van der Waals surface area contributed by atoms with Crippen molar-refractivity contribution < 1.29 is 9.59 Å². The van der Waals surface area contributed by atoms with Crippen LogP contribution in [0, 0.1) is 23.2 Å². The van der Waals surface area contributed by atoms with Crippen molar-refractivity contribution in [3.05, 3.63) is 6.42 Å². The Bertz CT molecular complexity index is 460. The summed E-state index contributed by atoms with van der Waals surface area (Å²) in [5, 5.41) is 12.3. The third kappa shape index (κ3) is 5.83. The van der Waals surface area contributed by atoms with E-state index < -0.39 is 11.0 Å². The molecule has 1 radical (unpaired) electrons. The van der Waals surface area contributed by atoms with Gasteiger partial charge in [0.1, 0.15) is 5.54 Å². The van der Waals surface area contributed by atoms with E-state index in [1.54, 1.807) is 13.8 Å². The summed E-state index contributed by atoms with van der Waals surface area (Å²) in [6.45, 7) is 8.36. The largest absolute Gasteiger partial charge is 0.369 e. The molecule has 0 bridgehead atoms. The van der Waals surface area contributed by atoms with Gasteiger partial charge in [0.2, 0.25) is 11.8 Å². The molecule has 1 fully saturated rings. The van der Waals surface area contributed by atoms with Crippen molar-refractivity contribution in [3.8, 4) is 6.07 Å². The van der Waals surface area contributed by atoms with Crippen LogP contribution in [0.15, 0.2) is 0 Å². The normalized spacial score (nSPS) is 18.2.